The normalized spacial score (nSPS) is 11.5. The molecular weight excluding hydrogens is 398 g/mol. The number of nitrogens with two attached hydrogens (primary N) is 1. The van der Waals surface area contributed by atoms with Crippen LogP contribution >= 0.6 is 0 Å². The highest BCUT2D eigenvalue weighted by molar-refractivity contribution is 5.96. The van der Waals surface area contributed by atoms with E-state index >= 15 is 0 Å². The predicted molar refractivity (Wildman–Crippen MR) is 121 cm³/mol. The van der Waals surface area contributed by atoms with Gasteiger partial charge in [-0.15, -0.1) is 0 Å². The number of benzene rings is 1. The molecule has 0 radical (unpaired) electrons. The lowest BCUT2D eigenvalue weighted by molar-refractivity contribution is -0.122. The number of likely N-dealkylation sites (N-methyl/N-ethyl adjacent to an activating group) is 1. The fraction of sp³-hybridized carbons (Fsp3) is 0.429. The number of primary amides is 1. The van der Waals surface area contributed by atoms with Crippen LogP contribution in [0.2, 0.25) is 0 Å². The highest BCUT2D eigenvalue weighted by Crippen LogP contribution is 2.26. The Bertz CT molecular complexity index is 933. The second-order valence-electron chi connectivity index (χ2n) is 7.00. The number of aryl methyl sites for hydroxylation is 1. The first-order chi connectivity index (χ1) is 14.8. The Kier molecular flexibility index (Phi) is 8.56. The van der Waals surface area contributed by atoms with E-state index in [2.05, 4.69) is 31.2 Å². The maximum Gasteiger partial charge on any atom is 0.271 e. The molecule has 1 atom stereocenters. The van der Waals surface area contributed by atoms with Crippen LogP contribution in [-0.2, 0) is 11.2 Å². The molecular formula is C21H31N7O3. The molecule has 10 heteroatoms. The fourth-order valence-electron chi connectivity index (χ4n) is 2.86. The molecule has 0 saturated heterocycles. The number of carbonyl (C=O) groups excluding carboxylic acids is 2. The standard InChI is InChI=1S/C21H31N7O3/c1-6-24-19-12(2)26-17(18(22)29)20(28-19)27-15-9-14(10-16(11-15)31-5)7-8-25-21(30)13(3)23-4/h9-11,13,23H,6-8H2,1-5H3,(H2,22,29)(H,25,30)(H2,24,27,28). The van der Waals surface area contributed by atoms with E-state index in [0.717, 1.165) is 5.56 Å². The van der Waals surface area contributed by atoms with Gasteiger partial charge in [0.1, 0.15) is 11.6 Å². The van der Waals surface area contributed by atoms with Gasteiger partial charge in [-0.2, -0.15) is 0 Å². The maximum atomic E-state index is 11.9. The van der Waals surface area contributed by atoms with Gasteiger partial charge in [0, 0.05) is 24.8 Å². The first kappa shape index (κ1) is 23.9. The summed E-state index contributed by atoms with van der Waals surface area (Å²) < 4.78 is 5.40. The Labute approximate surface area is 182 Å². The minimum Gasteiger partial charge on any atom is -0.497 e. The number of anilines is 3. The lowest BCUT2D eigenvalue weighted by atomic mass is 10.1. The number of methoxy groups -OCH3 is 1. The van der Waals surface area contributed by atoms with E-state index in [1.54, 1.807) is 34.1 Å². The number of amides is 2. The van der Waals surface area contributed by atoms with Crippen LogP contribution < -0.4 is 31.7 Å². The largest absolute Gasteiger partial charge is 0.497 e. The number of ether oxygens (including phenoxy) is 1. The van der Waals surface area contributed by atoms with Crippen LogP contribution in [0.4, 0.5) is 17.3 Å². The molecule has 2 aromatic rings. The van der Waals surface area contributed by atoms with Crippen molar-refractivity contribution in [2.24, 2.45) is 5.73 Å². The molecule has 0 spiro atoms. The molecule has 1 heterocycles. The van der Waals surface area contributed by atoms with Gasteiger partial charge in [0.2, 0.25) is 5.91 Å². The van der Waals surface area contributed by atoms with Crippen molar-refractivity contribution in [2.45, 2.75) is 33.2 Å². The zero-order valence-electron chi connectivity index (χ0n) is 18.6. The van der Waals surface area contributed by atoms with E-state index in [1.807, 2.05) is 19.1 Å². The van der Waals surface area contributed by atoms with E-state index in [9.17, 15) is 9.59 Å². The Morgan fingerprint density at radius 1 is 1.19 bits per heavy atom. The van der Waals surface area contributed by atoms with Gasteiger partial charge in [0.05, 0.1) is 18.8 Å². The molecule has 2 rings (SSSR count). The van der Waals surface area contributed by atoms with Gasteiger partial charge in [-0.25, -0.2) is 9.97 Å². The highest BCUT2D eigenvalue weighted by Gasteiger charge is 2.16. The molecule has 168 valence electrons. The first-order valence-electron chi connectivity index (χ1n) is 10.1. The van der Waals surface area contributed by atoms with Crippen LogP contribution in [0.25, 0.3) is 0 Å². The van der Waals surface area contributed by atoms with Crippen molar-refractivity contribution >= 4 is 29.1 Å². The zero-order chi connectivity index (χ0) is 23.0. The Morgan fingerprint density at radius 3 is 2.55 bits per heavy atom. The Morgan fingerprint density at radius 2 is 1.94 bits per heavy atom. The van der Waals surface area contributed by atoms with Crippen molar-refractivity contribution in [3.63, 3.8) is 0 Å². The molecule has 0 aliphatic rings. The third kappa shape index (κ3) is 6.54. The topological polar surface area (TPSA) is 143 Å². The van der Waals surface area contributed by atoms with E-state index in [1.165, 1.54) is 0 Å². The van der Waals surface area contributed by atoms with E-state index in [-0.39, 0.29) is 23.5 Å². The van der Waals surface area contributed by atoms with Gasteiger partial charge in [-0.3, -0.25) is 9.59 Å². The first-order valence-corrected chi connectivity index (χ1v) is 10.1. The van der Waals surface area contributed by atoms with E-state index < -0.39 is 5.91 Å². The van der Waals surface area contributed by atoms with Gasteiger partial charge in [0.15, 0.2) is 11.5 Å². The molecule has 1 aromatic heterocycles. The van der Waals surface area contributed by atoms with Crippen LogP contribution in [0.1, 0.15) is 35.6 Å². The van der Waals surface area contributed by atoms with Crippen molar-refractivity contribution in [1.29, 1.82) is 0 Å². The molecule has 0 aliphatic carbocycles. The lowest BCUT2D eigenvalue weighted by Crippen LogP contribution is -2.41. The summed E-state index contributed by atoms with van der Waals surface area (Å²) in [5.74, 6) is 0.706. The number of carbonyl (C=O) groups is 2. The summed E-state index contributed by atoms with van der Waals surface area (Å²) in [5, 5.41) is 12.0. The van der Waals surface area contributed by atoms with Gasteiger partial charge in [-0.05, 0) is 51.9 Å². The zero-order valence-corrected chi connectivity index (χ0v) is 18.6. The molecule has 0 saturated carbocycles. The minimum atomic E-state index is -0.675. The summed E-state index contributed by atoms with van der Waals surface area (Å²) in [6.45, 7) is 6.63. The molecule has 6 N–H and O–H groups in total. The van der Waals surface area contributed by atoms with E-state index in [4.69, 9.17) is 10.5 Å². The summed E-state index contributed by atoms with van der Waals surface area (Å²) in [4.78, 5) is 32.6. The van der Waals surface area contributed by atoms with Crippen LogP contribution in [-0.4, -0.2) is 55.1 Å². The molecule has 0 aliphatic heterocycles. The SMILES string of the molecule is CCNc1nc(Nc2cc(CCNC(=O)C(C)NC)cc(OC)c2)c(C(N)=O)nc1C. The number of nitrogens with one attached hydrogen (secondary N) is 4. The molecule has 0 bridgehead atoms. The number of hydrogen-bond donors (Lipinski definition) is 5. The second kappa shape index (κ2) is 11.1. The molecule has 31 heavy (non-hydrogen) atoms. The monoisotopic (exact) mass is 429 g/mol. The highest BCUT2D eigenvalue weighted by atomic mass is 16.5. The summed E-state index contributed by atoms with van der Waals surface area (Å²) >= 11 is 0. The van der Waals surface area contributed by atoms with Crippen molar-refractivity contribution in [1.82, 2.24) is 20.6 Å². The van der Waals surface area contributed by atoms with Crippen LogP contribution in [0, 0.1) is 6.92 Å². The summed E-state index contributed by atoms with van der Waals surface area (Å²) in [6, 6.07) is 5.30. The number of nitrogens with zero attached hydrogens (tertiary/aromatic N) is 2. The summed E-state index contributed by atoms with van der Waals surface area (Å²) in [5.41, 5.74) is 7.74. The average molecular weight is 430 g/mol. The summed E-state index contributed by atoms with van der Waals surface area (Å²) in [7, 11) is 3.31. The fourth-order valence-corrected chi connectivity index (χ4v) is 2.86. The van der Waals surface area contributed by atoms with Crippen molar-refractivity contribution in [2.75, 3.05) is 37.9 Å². The van der Waals surface area contributed by atoms with Crippen LogP contribution in [0.3, 0.4) is 0 Å². The molecule has 2 amide bonds. The molecule has 10 nitrogen and oxygen atoms in total. The second-order valence-corrected chi connectivity index (χ2v) is 7.00. The molecule has 1 unspecified atom stereocenters. The van der Waals surface area contributed by atoms with Crippen molar-refractivity contribution in [3.05, 3.63) is 35.2 Å². The van der Waals surface area contributed by atoms with Gasteiger partial charge in [0.25, 0.3) is 5.91 Å². The van der Waals surface area contributed by atoms with Crippen molar-refractivity contribution < 1.29 is 14.3 Å². The minimum absolute atomic E-state index is 0.0526. The lowest BCUT2D eigenvalue weighted by Gasteiger charge is -2.15. The van der Waals surface area contributed by atoms with Gasteiger partial charge in [-0.1, -0.05) is 0 Å². The predicted octanol–water partition coefficient (Wildman–Crippen LogP) is 1.33. The van der Waals surface area contributed by atoms with E-state index in [0.29, 0.717) is 42.5 Å². The van der Waals surface area contributed by atoms with Gasteiger partial charge >= 0.3 is 0 Å². The summed E-state index contributed by atoms with van der Waals surface area (Å²) in [6.07, 6.45) is 0.596. The third-order valence-corrected chi connectivity index (χ3v) is 4.65. The number of rotatable bonds is 11. The Balaban J connectivity index is 2.27. The number of aromatic nitrogens is 2. The smallest absolute Gasteiger partial charge is 0.271 e. The molecule has 0 fully saturated rings. The molecule has 1 aromatic carbocycles. The van der Waals surface area contributed by atoms with Crippen LogP contribution in [0.5, 0.6) is 5.75 Å². The quantitative estimate of drug-likeness (QED) is 0.360. The third-order valence-electron chi connectivity index (χ3n) is 4.65. The number of hydrogen-bond acceptors (Lipinski definition) is 8. The van der Waals surface area contributed by atoms with Gasteiger partial charge < -0.3 is 31.7 Å². The van der Waals surface area contributed by atoms with Crippen LogP contribution in [0.15, 0.2) is 18.2 Å². The average Bonchev–Trinajstić information content (AvgIpc) is 2.74. The Hall–Kier alpha value is -3.40. The van der Waals surface area contributed by atoms with Crippen molar-refractivity contribution in [3.8, 4) is 5.75 Å². The maximum absolute atomic E-state index is 11.9.